The van der Waals surface area contributed by atoms with Gasteiger partial charge in [-0.05, 0) is 130 Å². The molecule has 10 nitrogen and oxygen atoms in total. The van der Waals surface area contributed by atoms with Crippen LogP contribution in [0, 0.1) is 0 Å². The molecule has 2 aromatic heterocycles. The standard InChI is InChI=1S/C42H76N10/c1-35(2)49-23-19-47(20-24-50(28-27-49)36(3)4)17-9-13-43-33-39-11-15-45-41(31-39)42-32-40(12-16-46-42)34-44-14-10-18-48-21-25-51(37(5)6)29-30-52(26-22-48)38(7)8/h11-12,15-16,31-32,35-38,43-44H,9-10,13-14,17-30,33-34H2,1-8H3. The van der Waals surface area contributed by atoms with Gasteiger partial charge >= 0.3 is 0 Å². The van der Waals surface area contributed by atoms with Crippen LogP contribution in [0.1, 0.15) is 79.4 Å². The Morgan fingerprint density at radius 1 is 0.481 bits per heavy atom. The molecular weight excluding hydrogens is 645 g/mol. The maximum atomic E-state index is 4.69. The van der Waals surface area contributed by atoms with Gasteiger partial charge in [0.25, 0.3) is 0 Å². The van der Waals surface area contributed by atoms with E-state index in [-0.39, 0.29) is 0 Å². The normalized spacial score (nSPS) is 19.2. The van der Waals surface area contributed by atoms with E-state index in [9.17, 15) is 0 Å². The lowest BCUT2D eigenvalue weighted by atomic mass is 10.1. The lowest BCUT2D eigenvalue weighted by Gasteiger charge is -2.30. The summed E-state index contributed by atoms with van der Waals surface area (Å²) in [7, 11) is 0. The van der Waals surface area contributed by atoms with E-state index in [1.807, 2.05) is 12.4 Å². The number of nitrogens with zero attached hydrogens (tertiary/aromatic N) is 8. The van der Waals surface area contributed by atoms with Gasteiger partial charge in [-0.2, -0.15) is 0 Å². The van der Waals surface area contributed by atoms with E-state index in [2.05, 4.69) is 120 Å². The molecule has 52 heavy (non-hydrogen) atoms. The fourth-order valence-corrected chi connectivity index (χ4v) is 7.55. The number of aromatic nitrogens is 2. The van der Waals surface area contributed by atoms with E-state index in [1.54, 1.807) is 0 Å². The van der Waals surface area contributed by atoms with Gasteiger partial charge in [0.1, 0.15) is 0 Å². The Balaban J connectivity index is 1.18. The van der Waals surface area contributed by atoms with Crippen LogP contribution in [0.15, 0.2) is 36.7 Å². The molecule has 4 heterocycles. The van der Waals surface area contributed by atoms with Gasteiger partial charge in [0.15, 0.2) is 0 Å². The smallest absolute Gasteiger partial charge is 0.0889 e. The number of rotatable bonds is 17. The molecule has 0 radical (unpaired) electrons. The summed E-state index contributed by atoms with van der Waals surface area (Å²) in [4.78, 5) is 25.3. The quantitative estimate of drug-likeness (QED) is 0.227. The van der Waals surface area contributed by atoms with Gasteiger partial charge in [0, 0.05) is 128 Å². The third-order valence-electron chi connectivity index (χ3n) is 11.3. The highest BCUT2D eigenvalue weighted by Crippen LogP contribution is 2.17. The Bertz CT molecular complexity index is 1120. The molecule has 0 bridgehead atoms. The maximum Gasteiger partial charge on any atom is 0.0889 e. The van der Waals surface area contributed by atoms with E-state index in [1.165, 1.54) is 37.3 Å². The molecule has 2 aliphatic heterocycles. The third kappa shape index (κ3) is 15.0. The Hall–Kier alpha value is -2.02. The van der Waals surface area contributed by atoms with E-state index in [0.29, 0.717) is 24.2 Å². The zero-order valence-electron chi connectivity index (χ0n) is 34.5. The maximum absolute atomic E-state index is 4.69. The molecule has 2 N–H and O–H groups in total. The van der Waals surface area contributed by atoms with Crippen LogP contribution in [-0.2, 0) is 13.1 Å². The van der Waals surface area contributed by atoms with Crippen molar-refractivity contribution in [3.63, 3.8) is 0 Å². The van der Waals surface area contributed by atoms with Crippen molar-refractivity contribution in [2.24, 2.45) is 0 Å². The first-order chi connectivity index (χ1) is 25.1. The topological polar surface area (TPSA) is 69.3 Å². The summed E-state index contributed by atoms with van der Waals surface area (Å²) in [5.41, 5.74) is 4.40. The van der Waals surface area contributed by atoms with Crippen molar-refractivity contribution in [1.82, 2.24) is 50.0 Å². The minimum absolute atomic E-state index is 0.600. The second kappa shape index (κ2) is 23.0. The van der Waals surface area contributed by atoms with Crippen molar-refractivity contribution < 1.29 is 0 Å². The minimum Gasteiger partial charge on any atom is -0.313 e. The van der Waals surface area contributed by atoms with Crippen molar-refractivity contribution in [1.29, 1.82) is 0 Å². The number of pyridine rings is 2. The van der Waals surface area contributed by atoms with Crippen molar-refractivity contribution in [2.45, 2.75) is 105 Å². The van der Waals surface area contributed by atoms with Crippen LogP contribution < -0.4 is 10.6 Å². The predicted molar refractivity (Wildman–Crippen MR) is 220 cm³/mol. The predicted octanol–water partition coefficient (Wildman–Crippen LogP) is 4.58. The summed E-state index contributed by atoms with van der Waals surface area (Å²) in [6.45, 7) is 38.7. The third-order valence-corrected chi connectivity index (χ3v) is 11.3. The molecule has 0 atom stereocenters. The molecular formula is C42H76N10. The van der Waals surface area contributed by atoms with Gasteiger partial charge in [-0.1, -0.05) is 0 Å². The number of hydrogen-bond acceptors (Lipinski definition) is 10. The molecule has 0 saturated carbocycles. The average molecular weight is 721 g/mol. The fourth-order valence-electron chi connectivity index (χ4n) is 7.55. The van der Waals surface area contributed by atoms with Crippen LogP contribution in [0.2, 0.25) is 0 Å². The van der Waals surface area contributed by atoms with Crippen LogP contribution in [0.5, 0.6) is 0 Å². The molecule has 2 aliphatic rings. The fraction of sp³-hybridized carbons (Fsp3) is 0.762. The highest BCUT2D eigenvalue weighted by atomic mass is 15.3. The summed E-state index contributed by atoms with van der Waals surface area (Å²) in [6, 6.07) is 11.0. The van der Waals surface area contributed by atoms with Gasteiger partial charge < -0.3 is 20.4 Å². The van der Waals surface area contributed by atoms with E-state index in [4.69, 9.17) is 9.97 Å². The molecule has 294 valence electrons. The van der Waals surface area contributed by atoms with Gasteiger partial charge in [-0.15, -0.1) is 0 Å². The summed E-state index contributed by atoms with van der Waals surface area (Å²) >= 11 is 0. The highest BCUT2D eigenvalue weighted by molar-refractivity contribution is 5.55. The lowest BCUT2D eigenvalue weighted by Crippen LogP contribution is -2.41. The van der Waals surface area contributed by atoms with Crippen LogP contribution in [-0.4, -0.2) is 168 Å². The average Bonchev–Trinajstić information content (AvgIpc) is 3.30. The zero-order valence-corrected chi connectivity index (χ0v) is 34.5. The molecule has 2 saturated heterocycles. The van der Waals surface area contributed by atoms with Crippen molar-refractivity contribution in [2.75, 3.05) is 105 Å². The van der Waals surface area contributed by atoms with Crippen LogP contribution >= 0.6 is 0 Å². The minimum atomic E-state index is 0.600. The molecule has 10 heteroatoms. The van der Waals surface area contributed by atoms with Gasteiger partial charge in [0.05, 0.1) is 11.4 Å². The molecule has 0 unspecified atom stereocenters. The zero-order chi connectivity index (χ0) is 37.3. The lowest BCUT2D eigenvalue weighted by molar-refractivity contribution is 0.169. The van der Waals surface area contributed by atoms with Gasteiger partial charge in [0.2, 0.25) is 0 Å². The second-order valence-electron chi connectivity index (χ2n) is 16.4. The van der Waals surface area contributed by atoms with E-state index < -0.39 is 0 Å². The van der Waals surface area contributed by atoms with E-state index >= 15 is 0 Å². The molecule has 0 spiro atoms. The molecule has 0 aliphatic carbocycles. The Morgan fingerprint density at radius 3 is 1.10 bits per heavy atom. The van der Waals surface area contributed by atoms with Crippen molar-refractivity contribution in [3.05, 3.63) is 47.8 Å². The SMILES string of the molecule is CC(C)N1CCN(CCCNCc2ccnc(-c3cc(CNCCCN4CCN(C(C)C)CCN(C(C)C)CC4)ccn3)c2)CCN(C(C)C)CC1. The molecule has 2 aromatic rings. The van der Waals surface area contributed by atoms with Crippen LogP contribution in [0.3, 0.4) is 0 Å². The van der Waals surface area contributed by atoms with Crippen molar-refractivity contribution in [3.8, 4) is 11.4 Å². The molecule has 0 aromatic carbocycles. The highest BCUT2D eigenvalue weighted by Gasteiger charge is 2.21. The summed E-state index contributed by atoms with van der Waals surface area (Å²) in [5.74, 6) is 0. The summed E-state index contributed by atoms with van der Waals surface area (Å²) in [5, 5.41) is 7.40. The van der Waals surface area contributed by atoms with Gasteiger partial charge in [-0.3, -0.25) is 29.6 Å². The Morgan fingerprint density at radius 2 is 0.788 bits per heavy atom. The monoisotopic (exact) mass is 721 g/mol. The first kappa shape index (κ1) is 42.7. The molecule has 2 fully saturated rings. The first-order valence-corrected chi connectivity index (χ1v) is 20.8. The molecule has 4 rings (SSSR count). The first-order valence-electron chi connectivity index (χ1n) is 20.8. The Kier molecular flexibility index (Phi) is 18.9. The number of hydrogen-bond donors (Lipinski definition) is 2. The van der Waals surface area contributed by atoms with Crippen LogP contribution in [0.25, 0.3) is 11.4 Å². The van der Waals surface area contributed by atoms with E-state index in [0.717, 1.165) is 116 Å². The van der Waals surface area contributed by atoms with Crippen molar-refractivity contribution >= 4 is 0 Å². The second-order valence-corrected chi connectivity index (χ2v) is 16.4. The Labute approximate surface area is 318 Å². The summed E-state index contributed by atoms with van der Waals surface area (Å²) < 4.78 is 0. The number of nitrogens with one attached hydrogen (secondary N) is 2. The molecule has 0 amide bonds. The summed E-state index contributed by atoms with van der Waals surface area (Å²) in [6.07, 6.45) is 6.17. The van der Waals surface area contributed by atoms with Crippen LogP contribution in [0.4, 0.5) is 0 Å². The van der Waals surface area contributed by atoms with Gasteiger partial charge in [-0.25, -0.2) is 0 Å². The largest absolute Gasteiger partial charge is 0.313 e.